The Bertz CT molecular complexity index is 1500. The number of hydrogen-bond acceptors (Lipinski definition) is 6. The van der Waals surface area contributed by atoms with Gasteiger partial charge in [0.1, 0.15) is 11.6 Å². The first kappa shape index (κ1) is 33.5. The summed E-state index contributed by atoms with van der Waals surface area (Å²) in [7, 11) is 0.382. The molecule has 2 atom stereocenters. The zero-order chi connectivity index (χ0) is 32.2. The average Bonchev–Trinajstić information content (AvgIpc) is 2.95. The summed E-state index contributed by atoms with van der Waals surface area (Å²) in [6.45, 7) is 3.81. The van der Waals surface area contributed by atoms with Gasteiger partial charge in [-0.15, -0.1) is 0 Å². The van der Waals surface area contributed by atoms with E-state index in [9.17, 15) is 32.6 Å². The molecule has 0 aromatic heterocycles. The molecule has 1 aliphatic heterocycles. The number of aliphatic hydroxyl groups excluding tert-OH is 1. The van der Waals surface area contributed by atoms with Gasteiger partial charge in [0.15, 0.2) is 0 Å². The number of carbonyl (C=O) groups is 2. The zero-order valence-corrected chi connectivity index (χ0v) is 26.3. The number of nitrogens with zero attached hydrogens (tertiary/aromatic N) is 2. The zero-order valence-electron chi connectivity index (χ0n) is 25.5. The Balaban J connectivity index is 1.55. The smallest absolute Gasteiger partial charge is 0.253 e. The van der Waals surface area contributed by atoms with E-state index in [2.05, 4.69) is 5.32 Å². The molecule has 0 fully saturated rings. The van der Waals surface area contributed by atoms with Gasteiger partial charge in [-0.3, -0.25) is 18.7 Å². The van der Waals surface area contributed by atoms with Crippen molar-refractivity contribution in [2.24, 2.45) is 0 Å². The number of nitrogens with one attached hydrogen (secondary N) is 1. The van der Waals surface area contributed by atoms with Crippen molar-refractivity contribution in [2.45, 2.75) is 44.6 Å². The van der Waals surface area contributed by atoms with Crippen molar-refractivity contribution in [1.29, 1.82) is 0 Å². The predicted octanol–water partition coefficient (Wildman–Crippen LogP) is 5.18. The number of carbonyl (C=O) groups excluding carboxylic acids is 2. The summed E-state index contributed by atoms with van der Waals surface area (Å²) in [5.41, 5.74) is 4.58. The summed E-state index contributed by atoms with van der Waals surface area (Å²) < 4.78 is 48.9. The number of benzene rings is 3. The minimum absolute atomic E-state index is 0.0482. The molecule has 4 rings (SSSR count). The van der Waals surface area contributed by atoms with Gasteiger partial charge in [0, 0.05) is 50.9 Å². The van der Waals surface area contributed by atoms with E-state index < -0.39 is 40.3 Å². The van der Waals surface area contributed by atoms with Crippen LogP contribution >= 0.6 is 10.6 Å². The van der Waals surface area contributed by atoms with Crippen LogP contribution in [-0.2, 0) is 18.6 Å². The Labute approximate surface area is 259 Å². The van der Waals surface area contributed by atoms with Crippen LogP contribution in [0.25, 0.3) is 0 Å². The van der Waals surface area contributed by atoms with Crippen molar-refractivity contribution in [3.63, 3.8) is 0 Å². The first-order valence-corrected chi connectivity index (χ1v) is 16.5. The van der Waals surface area contributed by atoms with Gasteiger partial charge in [0.2, 0.25) is 0 Å². The molecule has 8 nitrogen and oxygen atoms in total. The van der Waals surface area contributed by atoms with Gasteiger partial charge in [0.05, 0.1) is 23.7 Å². The van der Waals surface area contributed by atoms with Crippen LogP contribution < -0.4 is 5.32 Å². The van der Waals surface area contributed by atoms with Crippen molar-refractivity contribution in [2.75, 3.05) is 39.5 Å². The summed E-state index contributed by atoms with van der Waals surface area (Å²) >= 11 is 0. The fraction of sp³-hybridized carbons (Fsp3) is 0.394. The SMILES string of the molecule is CCc1ccc2c(c1)[C@@H](NC[C@@H](O)CN(CCc1cc(F)cc(F)c1)C(=O)c1cc(C)cc(C(=O)N(C)C)c1)CS(O)(O)C2. The largest absolute Gasteiger partial charge is 0.390 e. The molecule has 4 N–H and O–H groups in total. The molecule has 0 aliphatic carbocycles. The maximum absolute atomic E-state index is 13.9. The predicted molar refractivity (Wildman–Crippen MR) is 169 cm³/mol. The van der Waals surface area contributed by atoms with Gasteiger partial charge in [-0.1, -0.05) is 25.1 Å². The fourth-order valence-electron chi connectivity index (χ4n) is 5.52. The van der Waals surface area contributed by atoms with E-state index in [-0.39, 0.29) is 49.0 Å². The molecule has 1 heterocycles. The van der Waals surface area contributed by atoms with Gasteiger partial charge < -0.3 is 20.2 Å². The van der Waals surface area contributed by atoms with Crippen molar-refractivity contribution < 1.29 is 32.6 Å². The number of fused-ring (bicyclic) bond motifs is 1. The molecule has 0 saturated heterocycles. The van der Waals surface area contributed by atoms with Crippen LogP contribution in [-0.4, -0.2) is 81.4 Å². The third-order valence-electron chi connectivity index (χ3n) is 7.70. The van der Waals surface area contributed by atoms with E-state index in [4.69, 9.17) is 0 Å². The Hall–Kier alpha value is -3.35. The molecule has 0 bridgehead atoms. The van der Waals surface area contributed by atoms with E-state index in [1.54, 1.807) is 33.2 Å². The first-order valence-electron chi connectivity index (χ1n) is 14.6. The Kier molecular flexibility index (Phi) is 10.8. The Morgan fingerprint density at radius 2 is 1.64 bits per heavy atom. The number of rotatable bonds is 11. The molecule has 44 heavy (non-hydrogen) atoms. The highest BCUT2D eigenvalue weighted by Crippen LogP contribution is 2.50. The van der Waals surface area contributed by atoms with Crippen molar-refractivity contribution in [1.82, 2.24) is 15.1 Å². The van der Waals surface area contributed by atoms with Gasteiger partial charge in [0.25, 0.3) is 11.8 Å². The highest BCUT2D eigenvalue weighted by atomic mass is 32.3. The van der Waals surface area contributed by atoms with E-state index >= 15 is 0 Å². The molecular weight excluding hydrogens is 588 g/mol. The van der Waals surface area contributed by atoms with E-state index in [1.807, 2.05) is 25.1 Å². The van der Waals surface area contributed by atoms with Crippen LogP contribution in [0.15, 0.2) is 54.6 Å². The highest BCUT2D eigenvalue weighted by Gasteiger charge is 2.31. The minimum atomic E-state index is -2.85. The standard InChI is InChI=1S/C33H41F2N3O5S/c1-5-22-6-7-24-19-44(42,43)20-31(30(24)14-22)36-17-29(39)18-38(9-8-23-12-27(34)16-28(35)13-23)33(41)26-11-21(2)10-25(15-26)32(40)37(3)4/h6-7,10-16,29,31,36,39,42-43H,5,8-9,17-20H2,1-4H3/t29-,31+/m1/s1. The van der Waals surface area contributed by atoms with Gasteiger partial charge in [-0.25, -0.2) is 8.78 Å². The van der Waals surface area contributed by atoms with E-state index in [0.29, 0.717) is 16.7 Å². The molecule has 0 radical (unpaired) electrons. The summed E-state index contributed by atoms with van der Waals surface area (Å²) in [4.78, 5) is 29.3. The molecule has 0 unspecified atom stereocenters. The lowest BCUT2D eigenvalue weighted by Gasteiger charge is -2.42. The van der Waals surface area contributed by atoms with Gasteiger partial charge >= 0.3 is 0 Å². The summed E-state index contributed by atoms with van der Waals surface area (Å²) in [6, 6.07) is 13.6. The van der Waals surface area contributed by atoms with Crippen LogP contribution in [0, 0.1) is 18.6 Å². The fourth-order valence-corrected chi connectivity index (χ4v) is 7.23. The van der Waals surface area contributed by atoms with E-state index in [1.165, 1.54) is 28.0 Å². The van der Waals surface area contributed by atoms with Crippen LogP contribution in [0.1, 0.15) is 61.5 Å². The average molecular weight is 630 g/mol. The second kappa shape index (κ2) is 14.2. The van der Waals surface area contributed by atoms with Crippen molar-refractivity contribution in [3.05, 3.63) is 105 Å². The van der Waals surface area contributed by atoms with Crippen LogP contribution in [0.3, 0.4) is 0 Å². The molecule has 11 heteroatoms. The lowest BCUT2D eigenvalue weighted by Crippen LogP contribution is -2.44. The molecule has 1 aliphatic rings. The number of hydrogen-bond donors (Lipinski definition) is 4. The highest BCUT2D eigenvalue weighted by molar-refractivity contribution is 8.23. The Morgan fingerprint density at radius 3 is 2.27 bits per heavy atom. The number of aryl methyl sites for hydroxylation is 2. The molecule has 3 aromatic carbocycles. The lowest BCUT2D eigenvalue weighted by molar-refractivity contribution is 0.0621. The molecular formula is C33H41F2N3O5S. The summed E-state index contributed by atoms with van der Waals surface area (Å²) in [5, 5.41) is 14.4. The first-order chi connectivity index (χ1) is 20.7. The molecule has 238 valence electrons. The maximum atomic E-state index is 13.9. The lowest BCUT2D eigenvalue weighted by atomic mass is 9.98. The number of aliphatic hydroxyl groups is 1. The molecule has 2 amide bonds. The third-order valence-corrected chi connectivity index (χ3v) is 9.34. The normalized spacial score (nSPS) is 17.0. The second-order valence-corrected chi connectivity index (χ2v) is 13.9. The molecule has 0 spiro atoms. The van der Waals surface area contributed by atoms with Gasteiger partial charge in [-0.2, -0.15) is 10.6 Å². The topological polar surface area (TPSA) is 113 Å². The van der Waals surface area contributed by atoms with Crippen LogP contribution in [0.4, 0.5) is 8.78 Å². The summed E-state index contributed by atoms with van der Waals surface area (Å²) in [6.07, 6.45) is -0.101. The van der Waals surface area contributed by atoms with E-state index in [0.717, 1.165) is 29.2 Å². The van der Waals surface area contributed by atoms with Gasteiger partial charge in [-0.05, 0) is 77.9 Å². The summed E-state index contributed by atoms with van der Waals surface area (Å²) in [5.74, 6) is -1.86. The number of halogens is 2. The van der Waals surface area contributed by atoms with Crippen molar-refractivity contribution >= 4 is 22.4 Å². The molecule has 3 aromatic rings. The van der Waals surface area contributed by atoms with Crippen molar-refractivity contribution in [3.8, 4) is 0 Å². The maximum Gasteiger partial charge on any atom is 0.253 e. The molecule has 0 saturated carbocycles. The quantitative estimate of drug-likeness (QED) is 0.233. The Morgan fingerprint density at radius 1 is 0.977 bits per heavy atom. The van der Waals surface area contributed by atoms with Crippen LogP contribution in [0.2, 0.25) is 0 Å². The monoisotopic (exact) mass is 629 g/mol. The second-order valence-electron chi connectivity index (χ2n) is 11.7. The number of amides is 2. The minimum Gasteiger partial charge on any atom is -0.390 e. The third kappa shape index (κ3) is 8.64. The van der Waals surface area contributed by atoms with Crippen LogP contribution in [0.5, 0.6) is 0 Å².